The molecule has 0 aromatic heterocycles. The van der Waals surface area contributed by atoms with Gasteiger partial charge in [-0.15, -0.1) is 13.2 Å². The SMILES string of the molecule is C=CCCCCOC(=O)[C@@H]1[C@H]2C(=O)N(CCO)C(C(=O)N(CC=C)CCCCC)C23CC[C@@]1(C)O3. The van der Waals surface area contributed by atoms with Crippen molar-refractivity contribution in [2.45, 2.75) is 82.5 Å². The largest absolute Gasteiger partial charge is 0.465 e. The number of esters is 1. The number of β-amino-alcohol motifs (C(OH)–C–C–N with tert-alkyl or cyclic N) is 1. The van der Waals surface area contributed by atoms with Crippen LogP contribution in [0.15, 0.2) is 25.3 Å². The highest BCUT2D eigenvalue weighted by Crippen LogP contribution is 2.63. The maximum atomic E-state index is 13.9. The Morgan fingerprint density at radius 1 is 1.23 bits per heavy atom. The van der Waals surface area contributed by atoms with Crippen molar-refractivity contribution in [3.05, 3.63) is 25.3 Å². The van der Waals surface area contributed by atoms with E-state index in [9.17, 15) is 19.5 Å². The van der Waals surface area contributed by atoms with Crippen LogP contribution >= 0.6 is 0 Å². The van der Waals surface area contributed by atoms with Gasteiger partial charge in [-0.25, -0.2) is 0 Å². The van der Waals surface area contributed by atoms with Crippen LogP contribution in [0.3, 0.4) is 0 Å². The summed E-state index contributed by atoms with van der Waals surface area (Å²) in [5.41, 5.74) is -1.94. The summed E-state index contributed by atoms with van der Waals surface area (Å²) in [5, 5.41) is 9.73. The van der Waals surface area contributed by atoms with Gasteiger partial charge in [-0.2, -0.15) is 0 Å². The Kier molecular flexibility index (Phi) is 9.16. The van der Waals surface area contributed by atoms with E-state index in [1.54, 1.807) is 11.0 Å². The molecule has 0 aromatic rings. The van der Waals surface area contributed by atoms with E-state index < -0.39 is 35.0 Å². The first-order chi connectivity index (χ1) is 16.8. The lowest BCUT2D eigenvalue weighted by molar-refractivity contribution is -0.160. The van der Waals surface area contributed by atoms with Gasteiger partial charge >= 0.3 is 5.97 Å². The minimum atomic E-state index is -1.09. The molecule has 35 heavy (non-hydrogen) atoms. The fraction of sp³-hybridized carbons (Fsp3) is 0.741. The Labute approximate surface area is 209 Å². The smallest absolute Gasteiger partial charge is 0.312 e. The van der Waals surface area contributed by atoms with Gasteiger partial charge in [0, 0.05) is 19.6 Å². The highest BCUT2D eigenvalue weighted by Gasteiger charge is 2.78. The molecule has 196 valence electrons. The highest BCUT2D eigenvalue weighted by molar-refractivity contribution is 5.98. The van der Waals surface area contributed by atoms with E-state index in [1.165, 1.54) is 4.90 Å². The van der Waals surface area contributed by atoms with Crippen molar-refractivity contribution in [1.29, 1.82) is 0 Å². The van der Waals surface area contributed by atoms with Gasteiger partial charge in [-0.05, 0) is 45.4 Å². The number of carbonyl (C=O) groups is 3. The number of aliphatic hydroxyl groups excluding tert-OH is 1. The molecule has 2 unspecified atom stereocenters. The summed E-state index contributed by atoms with van der Waals surface area (Å²) in [6, 6.07) is -0.874. The van der Waals surface area contributed by atoms with Gasteiger partial charge < -0.3 is 24.4 Å². The maximum absolute atomic E-state index is 13.9. The molecule has 2 bridgehead atoms. The van der Waals surface area contributed by atoms with E-state index in [4.69, 9.17) is 9.47 Å². The van der Waals surface area contributed by atoms with E-state index in [0.717, 1.165) is 38.5 Å². The van der Waals surface area contributed by atoms with Crippen molar-refractivity contribution in [3.63, 3.8) is 0 Å². The topological polar surface area (TPSA) is 96.4 Å². The van der Waals surface area contributed by atoms with Crippen LogP contribution in [-0.4, -0.2) is 82.8 Å². The molecule has 0 aliphatic carbocycles. The summed E-state index contributed by atoms with van der Waals surface area (Å²) < 4.78 is 12.2. The lowest BCUT2D eigenvalue weighted by Crippen LogP contribution is -2.56. The highest BCUT2D eigenvalue weighted by atomic mass is 16.6. The number of ether oxygens (including phenoxy) is 2. The lowest BCUT2D eigenvalue weighted by atomic mass is 9.66. The van der Waals surface area contributed by atoms with Crippen LogP contribution in [0.2, 0.25) is 0 Å². The van der Waals surface area contributed by atoms with Gasteiger partial charge in [0.2, 0.25) is 11.8 Å². The zero-order chi connectivity index (χ0) is 25.6. The number of unbranched alkanes of at least 4 members (excludes halogenated alkanes) is 4. The van der Waals surface area contributed by atoms with Crippen molar-refractivity contribution < 1.29 is 29.0 Å². The van der Waals surface area contributed by atoms with Gasteiger partial charge in [-0.1, -0.05) is 31.9 Å². The summed E-state index contributed by atoms with van der Waals surface area (Å²) in [6.45, 7) is 12.4. The average Bonchev–Trinajstić information content (AvgIpc) is 3.39. The van der Waals surface area contributed by atoms with E-state index in [-0.39, 0.29) is 31.6 Å². The quantitative estimate of drug-likeness (QED) is 0.215. The van der Waals surface area contributed by atoms with E-state index in [0.29, 0.717) is 25.9 Å². The molecule has 3 saturated heterocycles. The molecule has 0 aromatic carbocycles. The number of amides is 2. The molecule has 2 amide bonds. The van der Waals surface area contributed by atoms with Gasteiger partial charge in [0.05, 0.1) is 24.7 Å². The third-order valence-corrected chi connectivity index (χ3v) is 7.85. The molecule has 3 rings (SSSR count). The Bertz CT molecular complexity index is 815. The molecule has 8 heteroatoms. The molecular formula is C27H42N2O6. The number of hydrogen-bond donors (Lipinski definition) is 1. The molecule has 3 aliphatic heterocycles. The second-order valence-corrected chi connectivity index (χ2v) is 10.2. The summed E-state index contributed by atoms with van der Waals surface area (Å²) in [4.78, 5) is 44.1. The normalized spacial score (nSPS) is 30.9. The molecule has 3 aliphatic rings. The molecule has 1 N–H and O–H groups in total. The Morgan fingerprint density at radius 3 is 2.66 bits per heavy atom. The molecule has 3 heterocycles. The van der Waals surface area contributed by atoms with Crippen LogP contribution in [0, 0.1) is 11.8 Å². The molecule has 5 atom stereocenters. The fourth-order valence-electron chi connectivity index (χ4n) is 6.24. The average molecular weight is 491 g/mol. The molecule has 0 saturated carbocycles. The van der Waals surface area contributed by atoms with E-state index in [2.05, 4.69) is 20.1 Å². The predicted molar refractivity (Wildman–Crippen MR) is 132 cm³/mol. The van der Waals surface area contributed by atoms with Gasteiger partial charge in [0.25, 0.3) is 0 Å². The number of aliphatic hydroxyl groups is 1. The van der Waals surface area contributed by atoms with Crippen molar-refractivity contribution >= 4 is 17.8 Å². The molecule has 0 radical (unpaired) electrons. The molecule has 8 nitrogen and oxygen atoms in total. The summed E-state index contributed by atoms with van der Waals surface area (Å²) in [6.07, 6.45) is 9.92. The monoisotopic (exact) mass is 490 g/mol. The van der Waals surface area contributed by atoms with E-state index >= 15 is 0 Å². The minimum Gasteiger partial charge on any atom is -0.465 e. The first kappa shape index (κ1) is 27.4. The second-order valence-electron chi connectivity index (χ2n) is 10.2. The van der Waals surface area contributed by atoms with E-state index in [1.807, 2.05) is 13.0 Å². The van der Waals surface area contributed by atoms with Crippen molar-refractivity contribution in [3.8, 4) is 0 Å². The maximum Gasteiger partial charge on any atom is 0.312 e. The number of hydrogen-bond acceptors (Lipinski definition) is 6. The molecular weight excluding hydrogens is 448 g/mol. The van der Waals surface area contributed by atoms with Crippen molar-refractivity contribution in [2.24, 2.45) is 11.8 Å². The summed E-state index contributed by atoms with van der Waals surface area (Å²) in [5.74, 6) is -2.50. The molecule has 1 spiro atoms. The van der Waals surface area contributed by atoms with Crippen LogP contribution in [0.25, 0.3) is 0 Å². The van der Waals surface area contributed by atoms with Gasteiger partial charge in [0.15, 0.2) is 0 Å². The first-order valence-corrected chi connectivity index (χ1v) is 13.1. The second kappa shape index (κ2) is 11.7. The Morgan fingerprint density at radius 2 is 2.00 bits per heavy atom. The fourth-order valence-corrected chi connectivity index (χ4v) is 6.24. The number of nitrogens with zero attached hydrogens (tertiary/aromatic N) is 2. The Hall–Kier alpha value is -2.19. The standard InChI is InChI=1S/C27H42N2O6/c1-5-8-10-12-19-34-25(33)21-20-23(31)29(17-18-30)22(27(20)14-13-26(21,4)35-27)24(32)28(15-7-3)16-11-9-6-2/h5,7,20-22,30H,1,3,6,8-19H2,2,4H3/t20-,21-,22?,26+,27?/m0/s1. The third kappa shape index (κ3) is 5.05. The lowest BCUT2D eigenvalue weighted by Gasteiger charge is -2.36. The minimum absolute atomic E-state index is 0.0216. The zero-order valence-electron chi connectivity index (χ0n) is 21.4. The van der Waals surface area contributed by atoms with Crippen LogP contribution in [0.5, 0.6) is 0 Å². The van der Waals surface area contributed by atoms with Crippen LogP contribution < -0.4 is 0 Å². The molecule has 3 fully saturated rings. The van der Waals surface area contributed by atoms with Crippen LogP contribution in [-0.2, 0) is 23.9 Å². The van der Waals surface area contributed by atoms with Crippen LogP contribution in [0.4, 0.5) is 0 Å². The van der Waals surface area contributed by atoms with Gasteiger partial charge in [-0.3, -0.25) is 14.4 Å². The van der Waals surface area contributed by atoms with Crippen molar-refractivity contribution in [1.82, 2.24) is 9.80 Å². The van der Waals surface area contributed by atoms with Crippen molar-refractivity contribution in [2.75, 3.05) is 32.8 Å². The predicted octanol–water partition coefficient (Wildman–Crippen LogP) is 2.85. The van der Waals surface area contributed by atoms with Crippen LogP contribution in [0.1, 0.15) is 65.2 Å². The first-order valence-electron chi connectivity index (χ1n) is 13.1. The summed E-state index contributed by atoms with van der Waals surface area (Å²) >= 11 is 0. The zero-order valence-corrected chi connectivity index (χ0v) is 21.4. The number of fused-ring (bicyclic) bond motifs is 1. The number of rotatable bonds is 15. The summed E-state index contributed by atoms with van der Waals surface area (Å²) in [7, 11) is 0. The Balaban J connectivity index is 1.88. The number of likely N-dealkylation sites (tertiary alicyclic amines) is 1. The number of carbonyl (C=O) groups excluding carboxylic acids is 3. The van der Waals surface area contributed by atoms with Gasteiger partial charge in [0.1, 0.15) is 17.6 Å². The number of allylic oxidation sites excluding steroid dienone is 1. The third-order valence-electron chi connectivity index (χ3n) is 7.85.